The number of benzene rings is 2. The highest BCUT2D eigenvalue weighted by molar-refractivity contribution is 5.91. The molecule has 0 amide bonds. The largest absolute Gasteiger partial charge is 0.489 e. The van der Waals surface area contributed by atoms with Gasteiger partial charge in [-0.2, -0.15) is 18.4 Å². The summed E-state index contributed by atoms with van der Waals surface area (Å²) >= 11 is 0. The van der Waals surface area contributed by atoms with E-state index in [9.17, 15) is 28.1 Å². The molecule has 3 rings (SSSR count). The lowest BCUT2D eigenvalue weighted by molar-refractivity contribution is -0.384. The SMILES string of the molecule is COC(=O)c1ccc([N+](=O)[O-])cc1CNC1C(C)(C)C(Oc2ccc(C#N)c(C(F)(F)F)c2)C1(C)C. The number of nitro groups is 1. The second-order valence-electron chi connectivity index (χ2n) is 9.86. The highest BCUT2D eigenvalue weighted by Gasteiger charge is 2.63. The van der Waals surface area contributed by atoms with Crippen LogP contribution in [-0.2, 0) is 17.5 Å². The molecule has 2 aromatic carbocycles. The van der Waals surface area contributed by atoms with Crippen LogP contribution in [-0.4, -0.2) is 30.1 Å². The predicted molar refractivity (Wildman–Crippen MR) is 123 cm³/mol. The molecule has 0 unspecified atom stereocenters. The van der Waals surface area contributed by atoms with E-state index in [4.69, 9.17) is 14.7 Å². The van der Waals surface area contributed by atoms with Gasteiger partial charge in [-0.3, -0.25) is 10.1 Å². The summed E-state index contributed by atoms with van der Waals surface area (Å²) in [6.07, 6.45) is -5.20. The Morgan fingerprint density at radius 2 is 1.81 bits per heavy atom. The topological polar surface area (TPSA) is 114 Å². The van der Waals surface area contributed by atoms with Crippen molar-refractivity contribution in [2.24, 2.45) is 10.8 Å². The molecular weight excluding hydrogens is 479 g/mol. The van der Waals surface area contributed by atoms with Crippen molar-refractivity contribution in [2.45, 2.75) is 52.6 Å². The molecule has 36 heavy (non-hydrogen) atoms. The van der Waals surface area contributed by atoms with Gasteiger partial charge in [0.15, 0.2) is 0 Å². The molecule has 1 N–H and O–H groups in total. The van der Waals surface area contributed by atoms with Gasteiger partial charge in [0, 0.05) is 35.5 Å². The Morgan fingerprint density at radius 1 is 1.17 bits per heavy atom. The first-order valence-corrected chi connectivity index (χ1v) is 11.0. The molecule has 0 saturated heterocycles. The third kappa shape index (κ3) is 4.86. The molecule has 0 radical (unpaired) electrons. The third-order valence-electron chi connectivity index (χ3n) is 6.71. The molecule has 1 aliphatic rings. The van der Waals surface area contributed by atoms with Crippen molar-refractivity contribution in [3.8, 4) is 11.8 Å². The van der Waals surface area contributed by atoms with Gasteiger partial charge < -0.3 is 14.8 Å². The molecule has 192 valence electrons. The maximum absolute atomic E-state index is 13.4. The number of esters is 1. The van der Waals surface area contributed by atoms with Crippen LogP contribution in [0.1, 0.15) is 54.7 Å². The van der Waals surface area contributed by atoms with E-state index >= 15 is 0 Å². The minimum atomic E-state index is -4.70. The molecule has 0 heterocycles. The lowest BCUT2D eigenvalue weighted by atomic mass is 9.49. The van der Waals surface area contributed by atoms with Crippen LogP contribution in [0.2, 0.25) is 0 Å². The van der Waals surface area contributed by atoms with Crippen LogP contribution in [0, 0.1) is 32.3 Å². The highest BCUT2D eigenvalue weighted by Crippen LogP contribution is 2.55. The first kappa shape index (κ1) is 26.9. The number of nitriles is 1. The summed E-state index contributed by atoms with van der Waals surface area (Å²) < 4.78 is 50.9. The number of alkyl halides is 3. The van der Waals surface area contributed by atoms with Crippen molar-refractivity contribution < 1.29 is 32.4 Å². The monoisotopic (exact) mass is 505 g/mol. The standard InChI is InChI=1S/C25H26F3N3O5/c1-23(2)21(30-13-15-10-16(31(33)34)7-9-18(15)20(32)35-5)24(3,4)22(23)36-17-8-6-14(12-29)19(11-17)25(26,27)28/h6-11,21-22,30H,13H2,1-5H3. The lowest BCUT2D eigenvalue weighted by Crippen LogP contribution is -2.74. The third-order valence-corrected chi connectivity index (χ3v) is 6.71. The summed E-state index contributed by atoms with van der Waals surface area (Å²) in [4.78, 5) is 22.8. The Hall–Kier alpha value is -3.65. The van der Waals surface area contributed by atoms with E-state index in [0.29, 0.717) is 5.56 Å². The number of methoxy groups -OCH3 is 1. The second-order valence-corrected chi connectivity index (χ2v) is 9.86. The zero-order valence-corrected chi connectivity index (χ0v) is 20.4. The molecule has 0 aliphatic heterocycles. The number of nitro benzene ring substituents is 1. The number of carbonyl (C=O) groups is 1. The molecule has 1 aliphatic carbocycles. The van der Waals surface area contributed by atoms with E-state index in [2.05, 4.69) is 5.32 Å². The quantitative estimate of drug-likeness (QED) is 0.311. The Balaban J connectivity index is 1.83. The van der Waals surface area contributed by atoms with Gasteiger partial charge in [0.05, 0.1) is 34.8 Å². The number of nitrogens with one attached hydrogen (secondary N) is 1. The summed E-state index contributed by atoms with van der Waals surface area (Å²) in [5.41, 5.74) is -2.28. The number of carbonyl (C=O) groups excluding carboxylic acids is 1. The van der Waals surface area contributed by atoms with Gasteiger partial charge in [-0.05, 0) is 29.8 Å². The number of hydrogen-bond donors (Lipinski definition) is 1. The first-order valence-electron chi connectivity index (χ1n) is 11.0. The van der Waals surface area contributed by atoms with Crippen LogP contribution in [0.25, 0.3) is 0 Å². The number of non-ortho nitro benzene ring substituents is 1. The smallest absolute Gasteiger partial charge is 0.417 e. The van der Waals surface area contributed by atoms with Crippen molar-refractivity contribution in [3.05, 3.63) is 68.8 Å². The maximum atomic E-state index is 13.4. The van der Waals surface area contributed by atoms with E-state index in [1.165, 1.54) is 31.4 Å². The van der Waals surface area contributed by atoms with Crippen molar-refractivity contribution in [1.29, 1.82) is 5.26 Å². The Labute approximate surface area is 206 Å². The van der Waals surface area contributed by atoms with Gasteiger partial charge in [0.2, 0.25) is 0 Å². The van der Waals surface area contributed by atoms with Crippen molar-refractivity contribution in [2.75, 3.05) is 7.11 Å². The second kappa shape index (κ2) is 9.43. The van der Waals surface area contributed by atoms with E-state index in [1.54, 1.807) is 6.07 Å². The van der Waals surface area contributed by atoms with E-state index in [0.717, 1.165) is 12.1 Å². The Kier molecular flexibility index (Phi) is 7.06. The van der Waals surface area contributed by atoms with E-state index in [-0.39, 0.29) is 29.6 Å². The van der Waals surface area contributed by atoms with Crippen LogP contribution in [0.5, 0.6) is 5.75 Å². The highest BCUT2D eigenvalue weighted by atomic mass is 19.4. The van der Waals surface area contributed by atoms with Crippen molar-refractivity contribution >= 4 is 11.7 Å². The predicted octanol–water partition coefficient (Wildman–Crippen LogP) is 5.24. The fourth-order valence-corrected chi connectivity index (χ4v) is 5.38. The molecule has 0 spiro atoms. The van der Waals surface area contributed by atoms with Crippen LogP contribution in [0.4, 0.5) is 18.9 Å². The summed E-state index contributed by atoms with van der Waals surface area (Å²) in [5, 5.41) is 23.6. The number of ether oxygens (including phenoxy) is 2. The maximum Gasteiger partial charge on any atom is 0.417 e. The molecule has 2 aromatic rings. The minimum absolute atomic E-state index is 0.00223. The molecule has 0 aromatic heterocycles. The summed E-state index contributed by atoms with van der Waals surface area (Å²) in [7, 11) is 1.22. The average molecular weight is 505 g/mol. The van der Waals surface area contributed by atoms with Gasteiger partial charge >= 0.3 is 12.1 Å². The first-order chi connectivity index (χ1) is 16.6. The molecule has 11 heteroatoms. The number of rotatable bonds is 7. The Bertz CT molecular complexity index is 1220. The van der Waals surface area contributed by atoms with Crippen LogP contribution in [0.3, 0.4) is 0 Å². The molecule has 1 saturated carbocycles. The minimum Gasteiger partial charge on any atom is -0.489 e. The number of halogens is 3. The van der Waals surface area contributed by atoms with Gasteiger partial charge in [0.1, 0.15) is 11.9 Å². The summed E-state index contributed by atoms with van der Waals surface area (Å²) in [5.74, 6) is -0.631. The molecule has 8 nitrogen and oxygen atoms in total. The molecule has 0 atom stereocenters. The van der Waals surface area contributed by atoms with Gasteiger partial charge in [-0.15, -0.1) is 0 Å². The lowest BCUT2D eigenvalue weighted by Gasteiger charge is -2.63. The fraction of sp³-hybridized carbons (Fsp3) is 0.440. The van der Waals surface area contributed by atoms with E-state index in [1.807, 2.05) is 27.7 Å². The molecular formula is C25H26F3N3O5. The van der Waals surface area contributed by atoms with E-state index < -0.39 is 45.1 Å². The Morgan fingerprint density at radius 3 is 2.33 bits per heavy atom. The van der Waals surface area contributed by atoms with Gasteiger partial charge in [-0.25, -0.2) is 4.79 Å². The van der Waals surface area contributed by atoms with Gasteiger partial charge in [0.25, 0.3) is 5.69 Å². The van der Waals surface area contributed by atoms with Crippen molar-refractivity contribution in [3.63, 3.8) is 0 Å². The zero-order chi connectivity index (χ0) is 27.1. The zero-order valence-electron chi connectivity index (χ0n) is 20.4. The molecule has 1 fully saturated rings. The summed E-state index contributed by atoms with van der Waals surface area (Å²) in [6, 6.07) is 8.46. The van der Waals surface area contributed by atoms with Crippen LogP contribution in [0.15, 0.2) is 36.4 Å². The van der Waals surface area contributed by atoms with Gasteiger partial charge in [-0.1, -0.05) is 27.7 Å². The average Bonchev–Trinajstić information content (AvgIpc) is 2.80. The molecule has 0 bridgehead atoms. The number of hydrogen-bond acceptors (Lipinski definition) is 7. The van der Waals surface area contributed by atoms with Crippen LogP contribution >= 0.6 is 0 Å². The number of nitrogens with zero attached hydrogens (tertiary/aromatic N) is 2. The summed E-state index contributed by atoms with van der Waals surface area (Å²) in [6.45, 7) is 7.69. The normalized spacial score (nSPS) is 20.1. The van der Waals surface area contributed by atoms with Crippen molar-refractivity contribution in [1.82, 2.24) is 5.32 Å². The fourth-order valence-electron chi connectivity index (χ4n) is 5.38. The van der Waals surface area contributed by atoms with Crippen LogP contribution < -0.4 is 10.1 Å².